The normalized spacial score (nSPS) is 15.3. The molecule has 0 fully saturated rings. The van der Waals surface area contributed by atoms with Gasteiger partial charge in [-0.3, -0.25) is 9.59 Å². The summed E-state index contributed by atoms with van der Waals surface area (Å²) in [5.74, 6) is -1.98. The molecule has 0 saturated heterocycles. The molecule has 1 amide bonds. The maximum absolute atomic E-state index is 12.6. The second-order valence-corrected chi connectivity index (χ2v) is 7.20. The predicted octanol–water partition coefficient (Wildman–Crippen LogP) is 3.64. The van der Waals surface area contributed by atoms with Crippen molar-refractivity contribution in [3.8, 4) is 0 Å². The summed E-state index contributed by atoms with van der Waals surface area (Å²) in [5, 5.41) is 3.39. The molecule has 1 atom stereocenters. The van der Waals surface area contributed by atoms with Crippen LogP contribution in [0.5, 0.6) is 0 Å². The fourth-order valence-corrected chi connectivity index (χ4v) is 4.53. The van der Waals surface area contributed by atoms with E-state index in [1.807, 2.05) is 0 Å². The van der Waals surface area contributed by atoms with Crippen molar-refractivity contribution in [3.63, 3.8) is 0 Å². The maximum atomic E-state index is 12.6. The lowest BCUT2D eigenvalue weighted by atomic mass is 9.99. The second-order valence-electron chi connectivity index (χ2n) is 5.68. The monoisotopic (exact) mass is 393 g/mol. The fraction of sp³-hybridized carbons (Fsp3) is 0.278. The van der Waals surface area contributed by atoms with Gasteiger partial charge in [0, 0.05) is 4.88 Å². The molecule has 0 saturated carbocycles. The Kier molecular flexibility index (Phi) is 5.29. The third-order valence-corrected chi connectivity index (χ3v) is 5.76. The molecule has 3 rings (SSSR count). The zero-order chi connectivity index (χ0) is 18.8. The van der Waals surface area contributed by atoms with E-state index in [0.717, 1.165) is 4.88 Å². The van der Waals surface area contributed by atoms with Gasteiger partial charge in [0.1, 0.15) is 5.00 Å². The number of methoxy groups -OCH3 is 2. The number of benzene rings is 1. The van der Waals surface area contributed by atoms with Gasteiger partial charge in [0.15, 0.2) is 0 Å². The number of aryl methyl sites for hydroxylation is 1. The first-order chi connectivity index (χ1) is 12.5. The van der Waals surface area contributed by atoms with Gasteiger partial charge in [-0.2, -0.15) is 0 Å². The Bertz CT molecular complexity index is 892. The van der Waals surface area contributed by atoms with E-state index in [0.29, 0.717) is 34.0 Å². The Labute approximate surface area is 159 Å². The Hall–Kier alpha value is -2.38. The highest BCUT2D eigenvalue weighted by atomic mass is 35.5. The molecule has 1 aliphatic carbocycles. The molecule has 8 heteroatoms. The van der Waals surface area contributed by atoms with Crippen LogP contribution in [-0.2, 0) is 20.7 Å². The smallest absolute Gasteiger partial charge is 0.341 e. The van der Waals surface area contributed by atoms with Gasteiger partial charge < -0.3 is 14.8 Å². The molecule has 1 aliphatic rings. The number of anilines is 1. The molecule has 0 unspecified atom stereocenters. The lowest BCUT2D eigenvalue weighted by Gasteiger charge is -2.12. The number of hydrogen-bond donors (Lipinski definition) is 1. The SMILES string of the molecule is COC(=O)c1c(NC(=O)c2ccccc2Cl)sc2c1[C@@H](C(=O)OC)CC2. The van der Waals surface area contributed by atoms with E-state index in [1.165, 1.54) is 25.6 Å². The molecule has 26 heavy (non-hydrogen) atoms. The number of nitrogens with one attached hydrogen (secondary N) is 1. The summed E-state index contributed by atoms with van der Waals surface area (Å²) in [6.07, 6.45) is 1.20. The van der Waals surface area contributed by atoms with Gasteiger partial charge in [-0.15, -0.1) is 11.3 Å². The largest absolute Gasteiger partial charge is 0.469 e. The molecule has 2 aromatic rings. The van der Waals surface area contributed by atoms with E-state index in [-0.39, 0.29) is 5.56 Å². The minimum Gasteiger partial charge on any atom is -0.469 e. The Morgan fingerprint density at radius 3 is 2.58 bits per heavy atom. The van der Waals surface area contributed by atoms with Crippen molar-refractivity contribution in [1.82, 2.24) is 0 Å². The topological polar surface area (TPSA) is 81.7 Å². The van der Waals surface area contributed by atoms with Crippen LogP contribution < -0.4 is 5.32 Å². The van der Waals surface area contributed by atoms with Crippen LogP contribution >= 0.6 is 22.9 Å². The molecule has 0 bridgehead atoms. The van der Waals surface area contributed by atoms with Crippen LogP contribution in [0.1, 0.15) is 43.5 Å². The van der Waals surface area contributed by atoms with E-state index in [9.17, 15) is 14.4 Å². The lowest BCUT2D eigenvalue weighted by molar-refractivity contribution is -0.142. The molecule has 1 aromatic heterocycles. The van der Waals surface area contributed by atoms with E-state index < -0.39 is 23.8 Å². The molecule has 1 heterocycles. The molecular formula is C18H16ClNO5S. The van der Waals surface area contributed by atoms with E-state index >= 15 is 0 Å². The van der Waals surface area contributed by atoms with E-state index in [2.05, 4.69) is 5.32 Å². The van der Waals surface area contributed by atoms with Crippen molar-refractivity contribution in [1.29, 1.82) is 0 Å². The Morgan fingerprint density at radius 1 is 1.19 bits per heavy atom. The molecule has 6 nitrogen and oxygen atoms in total. The van der Waals surface area contributed by atoms with Crippen LogP contribution in [0.15, 0.2) is 24.3 Å². The van der Waals surface area contributed by atoms with Gasteiger partial charge in [-0.25, -0.2) is 4.79 Å². The first kappa shape index (κ1) is 18.4. The van der Waals surface area contributed by atoms with Crippen LogP contribution in [0.2, 0.25) is 5.02 Å². The van der Waals surface area contributed by atoms with Crippen LogP contribution in [0.3, 0.4) is 0 Å². The standard InChI is InChI=1S/C18H16ClNO5S/c1-24-17(22)10-7-8-12-13(10)14(18(23)25-2)16(26-12)20-15(21)9-5-3-4-6-11(9)19/h3-6,10H,7-8H2,1-2H3,(H,20,21)/t10-/m0/s1. The van der Waals surface area contributed by atoms with Gasteiger partial charge in [0.2, 0.25) is 0 Å². The highest BCUT2D eigenvalue weighted by Gasteiger charge is 2.38. The summed E-state index contributed by atoms with van der Waals surface area (Å²) >= 11 is 7.33. The molecule has 136 valence electrons. The minimum atomic E-state index is -0.604. The lowest BCUT2D eigenvalue weighted by Crippen LogP contribution is -2.17. The van der Waals surface area contributed by atoms with Gasteiger partial charge in [-0.1, -0.05) is 23.7 Å². The van der Waals surface area contributed by atoms with Crippen LogP contribution in [0.25, 0.3) is 0 Å². The first-order valence-corrected chi connectivity index (χ1v) is 9.05. The number of carbonyl (C=O) groups is 3. The molecule has 0 spiro atoms. The Balaban J connectivity index is 2.01. The third kappa shape index (κ3) is 3.20. The average molecular weight is 394 g/mol. The first-order valence-electron chi connectivity index (χ1n) is 7.85. The molecular weight excluding hydrogens is 378 g/mol. The fourth-order valence-electron chi connectivity index (χ4n) is 3.05. The van der Waals surface area contributed by atoms with Crippen molar-refractivity contribution in [2.75, 3.05) is 19.5 Å². The summed E-state index contributed by atoms with van der Waals surface area (Å²) in [7, 11) is 2.57. The molecule has 1 N–H and O–H groups in total. The van der Waals surface area contributed by atoms with Crippen molar-refractivity contribution in [2.45, 2.75) is 18.8 Å². The number of carbonyl (C=O) groups excluding carboxylic acids is 3. The summed E-state index contributed by atoms with van der Waals surface area (Å²) in [6.45, 7) is 0. The molecule has 1 aromatic carbocycles. The molecule has 0 radical (unpaired) electrons. The van der Waals surface area contributed by atoms with Crippen LogP contribution in [0.4, 0.5) is 5.00 Å². The average Bonchev–Trinajstić information content (AvgIpc) is 3.19. The van der Waals surface area contributed by atoms with Gasteiger partial charge in [-0.05, 0) is 30.5 Å². The minimum absolute atomic E-state index is 0.209. The highest BCUT2D eigenvalue weighted by Crippen LogP contribution is 2.46. The van der Waals surface area contributed by atoms with Crippen molar-refractivity contribution in [3.05, 3.63) is 50.9 Å². The van der Waals surface area contributed by atoms with Crippen LogP contribution in [-0.4, -0.2) is 32.1 Å². The summed E-state index contributed by atoms with van der Waals surface area (Å²) in [4.78, 5) is 37.8. The van der Waals surface area contributed by atoms with E-state index in [4.69, 9.17) is 21.1 Å². The van der Waals surface area contributed by atoms with Crippen molar-refractivity contribution in [2.24, 2.45) is 0 Å². The number of halogens is 1. The second kappa shape index (κ2) is 7.47. The number of thiophene rings is 1. The van der Waals surface area contributed by atoms with Gasteiger partial charge in [0.05, 0.1) is 36.3 Å². The summed E-state index contributed by atoms with van der Waals surface area (Å²) in [6, 6.07) is 6.62. The van der Waals surface area contributed by atoms with E-state index in [1.54, 1.807) is 24.3 Å². The predicted molar refractivity (Wildman–Crippen MR) is 98.1 cm³/mol. The third-order valence-electron chi connectivity index (χ3n) is 4.25. The van der Waals surface area contributed by atoms with Crippen LogP contribution in [0, 0.1) is 0 Å². The number of esters is 2. The number of ether oxygens (including phenoxy) is 2. The van der Waals surface area contributed by atoms with Gasteiger partial charge in [0.25, 0.3) is 5.91 Å². The van der Waals surface area contributed by atoms with Gasteiger partial charge >= 0.3 is 11.9 Å². The molecule has 0 aliphatic heterocycles. The highest BCUT2D eigenvalue weighted by molar-refractivity contribution is 7.17. The zero-order valence-corrected chi connectivity index (χ0v) is 15.7. The quantitative estimate of drug-likeness (QED) is 0.802. The number of fused-ring (bicyclic) bond motifs is 1. The number of rotatable bonds is 4. The van der Waals surface area contributed by atoms with Crippen molar-refractivity contribution < 1.29 is 23.9 Å². The maximum Gasteiger partial charge on any atom is 0.341 e. The number of hydrogen-bond acceptors (Lipinski definition) is 6. The summed E-state index contributed by atoms with van der Waals surface area (Å²) in [5.41, 5.74) is 1.09. The van der Waals surface area contributed by atoms with Crippen molar-refractivity contribution >= 4 is 45.8 Å². The zero-order valence-electron chi connectivity index (χ0n) is 14.1. The Morgan fingerprint density at radius 2 is 1.92 bits per heavy atom. The number of amides is 1. The summed E-state index contributed by atoms with van der Waals surface area (Å²) < 4.78 is 9.72.